The molecule has 11 heteroatoms. The van der Waals surface area contributed by atoms with Gasteiger partial charge in [-0.1, -0.05) is 24.3 Å². The van der Waals surface area contributed by atoms with E-state index in [2.05, 4.69) is 32.8 Å². The number of thiazole rings is 1. The molecule has 0 fully saturated rings. The first-order valence-electron chi connectivity index (χ1n) is 11.4. The lowest BCUT2D eigenvalue weighted by Gasteiger charge is -2.13. The number of hydrogen-bond acceptors (Lipinski definition) is 6. The van der Waals surface area contributed by atoms with Crippen molar-refractivity contribution in [1.82, 2.24) is 9.97 Å². The normalized spacial score (nSPS) is 11.2. The Kier molecular flexibility index (Phi) is 7.92. The van der Waals surface area contributed by atoms with Crippen molar-refractivity contribution in [2.75, 3.05) is 22.5 Å². The van der Waals surface area contributed by atoms with Crippen LogP contribution in [0, 0.1) is 6.92 Å². The minimum atomic E-state index is -4.50. The van der Waals surface area contributed by atoms with E-state index in [0.29, 0.717) is 22.9 Å². The van der Waals surface area contributed by atoms with Gasteiger partial charge in [-0.3, -0.25) is 0 Å². The third-order valence-electron chi connectivity index (χ3n) is 5.20. The highest BCUT2D eigenvalue weighted by atomic mass is 32.1. The zero-order chi connectivity index (χ0) is 26.4. The fraction of sp³-hybridized carbons (Fsp3) is 0.192. The van der Waals surface area contributed by atoms with E-state index < -0.39 is 17.8 Å². The zero-order valence-electron chi connectivity index (χ0n) is 20.0. The quantitative estimate of drug-likeness (QED) is 0.218. The van der Waals surface area contributed by atoms with E-state index in [1.54, 1.807) is 30.4 Å². The van der Waals surface area contributed by atoms with Gasteiger partial charge in [0.15, 0.2) is 5.13 Å². The summed E-state index contributed by atoms with van der Waals surface area (Å²) in [5.41, 5.74) is 1.09. The van der Waals surface area contributed by atoms with Crippen LogP contribution in [0.5, 0.6) is 11.6 Å². The summed E-state index contributed by atoms with van der Waals surface area (Å²) in [6.07, 6.45) is -0.253. The number of urea groups is 1. The van der Waals surface area contributed by atoms with E-state index in [0.717, 1.165) is 40.7 Å². The Labute approximate surface area is 215 Å². The molecule has 7 nitrogen and oxygen atoms in total. The fourth-order valence-corrected chi connectivity index (χ4v) is 4.11. The molecule has 4 rings (SSSR count). The van der Waals surface area contributed by atoms with Crippen molar-refractivity contribution in [3.05, 3.63) is 78.1 Å². The number of rotatable bonds is 8. The lowest BCUT2D eigenvalue weighted by molar-refractivity contribution is -0.137. The molecule has 0 unspecified atom stereocenters. The van der Waals surface area contributed by atoms with Crippen LogP contribution < -0.4 is 20.7 Å². The minimum Gasteiger partial charge on any atom is -0.439 e. The second-order valence-electron chi connectivity index (χ2n) is 8.07. The summed E-state index contributed by atoms with van der Waals surface area (Å²) >= 11 is 1.58. The number of halogens is 3. The van der Waals surface area contributed by atoms with E-state index in [1.807, 2.05) is 30.5 Å². The third kappa shape index (κ3) is 6.98. The van der Waals surface area contributed by atoms with Gasteiger partial charge in [-0.05, 0) is 66.9 Å². The van der Waals surface area contributed by atoms with Gasteiger partial charge in [-0.15, -0.1) is 0 Å². The van der Waals surface area contributed by atoms with E-state index in [9.17, 15) is 18.0 Å². The first kappa shape index (κ1) is 26.0. The van der Waals surface area contributed by atoms with Crippen molar-refractivity contribution in [2.45, 2.75) is 26.4 Å². The molecule has 0 spiro atoms. The fourth-order valence-electron chi connectivity index (χ4n) is 3.26. The van der Waals surface area contributed by atoms with Crippen LogP contribution in [-0.2, 0) is 6.18 Å². The van der Waals surface area contributed by atoms with Gasteiger partial charge in [0.25, 0.3) is 0 Å². The number of ether oxygens (including phenoxy) is 1. The highest BCUT2D eigenvalue weighted by molar-refractivity contribution is 7.18. The van der Waals surface area contributed by atoms with Crippen LogP contribution in [0.1, 0.15) is 24.5 Å². The molecule has 192 valence electrons. The molecule has 37 heavy (non-hydrogen) atoms. The van der Waals surface area contributed by atoms with Crippen LogP contribution in [0.2, 0.25) is 0 Å². The Morgan fingerprint density at radius 1 is 1.00 bits per heavy atom. The average Bonchev–Trinajstić information content (AvgIpc) is 3.34. The number of nitrogens with one attached hydrogen (secondary N) is 3. The van der Waals surface area contributed by atoms with Gasteiger partial charge in [-0.25, -0.2) is 14.8 Å². The Balaban J connectivity index is 1.33. The summed E-state index contributed by atoms with van der Waals surface area (Å²) < 4.78 is 44.7. The van der Waals surface area contributed by atoms with Crippen molar-refractivity contribution in [3.63, 3.8) is 0 Å². The molecule has 4 aromatic rings. The summed E-state index contributed by atoms with van der Waals surface area (Å²) in [5.74, 6) is 0.903. The number of benzene rings is 2. The molecule has 0 aliphatic carbocycles. The van der Waals surface area contributed by atoms with Crippen LogP contribution in [-0.4, -0.2) is 22.5 Å². The number of carbonyl (C=O) groups is 1. The van der Waals surface area contributed by atoms with E-state index >= 15 is 0 Å². The van der Waals surface area contributed by atoms with Crippen LogP contribution in [0.4, 0.5) is 34.5 Å². The summed E-state index contributed by atoms with van der Waals surface area (Å²) in [4.78, 5) is 21.9. The monoisotopic (exact) mass is 527 g/mol. The maximum absolute atomic E-state index is 13.0. The molecule has 3 N–H and O–H groups in total. The number of hydrogen-bond donors (Lipinski definition) is 3. The third-order valence-corrected chi connectivity index (χ3v) is 6.20. The molecule has 2 heterocycles. The molecule has 0 saturated carbocycles. The molecule has 2 aromatic carbocycles. The second-order valence-corrected chi connectivity index (χ2v) is 9.11. The Morgan fingerprint density at radius 3 is 2.46 bits per heavy atom. The van der Waals surface area contributed by atoms with Gasteiger partial charge >= 0.3 is 12.2 Å². The highest BCUT2D eigenvalue weighted by Gasteiger charge is 2.31. The molecule has 2 aromatic heterocycles. The second kappa shape index (κ2) is 11.3. The average molecular weight is 528 g/mol. The predicted octanol–water partition coefficient (Wildman–Crippen LogP) is 7.79. The maximum Gasteiger partial charge on any atom is 0.416 e. The lowest BCUT2D eigenvalue weighted by Crippen LogP contribution is -2.20. The molecular weight excluding hydrogens is 503 g/mol. The topological polar surface area (TPSA) is 88.2 Å². The van der Waals surface area contributed by atoms with Gasteiger partial charge < -0.3 is 20.7 Å². The molecule has 0 radical (unpaired) electrons. The molecular formula is C26H24F3N5O2S. The number of aromatic nitrogens is 2. The van der Waals surface area contributed by atoms with Gasteiger partial charge in [-0.2, -0.15) is 13.2 Å². The van der Waals surface area contributed by atoms with Gasteiger partial charge in [0, 0.05) is 24.5 Å². The summed E-state index contributed by atoms with van der Waals surface area (Å²) in [5, 5.41) is 9.14. The minimum absolute atomic E-state index is 0.0652. The number of carbonyl (C=O) groups excluding carboxylic acids is 1. The Hall–Kier alpha value is -4.12. The number of aryl methyl sites for hydroxylation is 1. The highest BCUT2D eigenvalue weighted by Crippen LogP contribution is 2.33. The molecule has 0 aliphatic heterocycles. The summed E-state index contributed by atoms with van der Waals surface area (Å²) in [7, 11) is 0. The van der Waals surface area contributed by atoms with Crippen LogP contribution in [0.3, 0.4) is 0 Å². The largest absolute Gasteiger partial charge is 0.439 e. The summed E-state index contributed by atoms with van der Waals surface area (Å²) in [6.45, 7) is 4.58. The molecule has 0 atom stereocenters. The van der Waals surface area contributed by atoms with E-state index in [4.69, 9.17) is 4.74 Å². The van der Waals surface area contributed by atoms with E-state index in [1.165, 1.54) is 12.3 Å². The number of alkyl halides is 3. The van der Waals surface area contributed by atoms with E-state index in [-0.39, 0.29) is 5.69 Å². The first-order valence-corrected chi connectivity index (χ1v) is 12.2. The van der Waals surface area contributed by atoms with Crippen LogP contribution in [0.15, 0.2) is 67.0 Å². The molecule has 0 bridgehead atoms. The van der Waals surface area contributed by atoms with Crippen molar-refractivity contribution in [1.29, 1.82) is 0 Å². The zero-order valence-corrected chi connectivity index (χ0v) is 20.8. The predicted molar refractivity (Wildman–Crippen MR) is 139 cm³/mol. The molecule has 0 saturated heterocycles. The Morgan fingerprint density at radius 2 is 1.78 bits per heavy atom. The van der Waals surface area contributed by atoms with Crippen molar-refractivity contribution < 1.29 is 22.7 Å². The van der Waals surface area contributed by atoms with Crippen LogP contribution >= 0.6 is 11.3 Å². The first-order chi connectivity index (χ1) is 17.7. The molecule has 0 aliphatic rings. The van der Waals surface area contributed by atoms with Gasteiger partial charge in [0.05, 0.1) is 22.3 Å². The summed E-state index contributed by atoms with van der Waals surface area (Å²) in [6, 6.07) is 13.2. The van der Waals surface area contributed by atoms with Gasteiger partial charge in [0.1, 0.15) is 5.75 Å². The lowest BCUT2D eigenvalue weighted by atomic mass is 10.1. The van der Waals surface area contributed by atoms with Gasteiger partial charge in [0.2, 0.25) is 5.88 Å². The molecule has 2 amide bonds. The Bertz CT molecular complexity index is 1360. The number of pyridine rings is 1. The smallest absolute Gasteiger partial charge is 0.416 e. The standard InChI is InChI=1S/C26H24F3N5O2S/c1-3-12-30-25-32-15-22(37-25)17-5-9-20(10-6-17)36-23-11-8-19(14-31-23)33-24(35)34-21-13-18(26(27,28)29)7-4-16(21)2/h4-11,13-15H,3,12H2,1-2H3,(H,30,32)(H2,33,34,35). The van der Waals surface area contributed by atoms with Crippen LogP contribution in [0.25, 0.3) is 10.4 Å². The van der Waals surface area contributed by atoms with Crippen molar-refractivity contribution in [3.8, 4) is 22.1 Å². The van der Waals surface area contributed by atoms with Crippen molar-refractivity contribution in [2.24, 2.45) is 0 Å². The SMILES string of the molecule is CCCNc1ncc(-c2ccc(Oc3ccc(NC(=O)Nc4cc(C(F)(F)F)ccc4C)cn3)cc2)s1. The van der Waals surface area contributed by atoms with Crippen molar-refractivity contribution >= 4 is 33.9 Å². The maximum atomic E-state index is 13.0. The number of anilines is 3. The number of amides is 2. The number of nitrogens with zero attached hydrogens (tertiary/aromatic N) is 2.